The molecule has 1 aromatic heterocycles. The van der Waals surface area contributed by atoms with Gasteiger partial charge in [0.05, 0.1) is 21.2 Å². The van der Waals surface area contributed by atoms with E-state index in [-0.39, 0.29) is 21.4 Å². The summed E-state index contributed by atoms with van der Waals surface area (Å²) in [6.07, 6.45) is -1.59. The lowest BCUT2D eigenvalue weighted by Gasteiger charge is -2.11. The average Bonchev–Trinajstić information content (AvgIpc) is 2.28. The van der Waals surface area contributed by atoms with Gasteiger partial charge in [-0.1, -0.05) is 23.2 Å². The van der Waals surface area contributed by atoms with E-state index in [1.807, 2.05) is 0 Å². The summed E-state index contributed by atoms with van der Waals surface area (Å²) in [6.45, 7) is 0. The van der Waals surface area contributed by atoms with Crippen molar-refractivity contribution in [2.24, 2.45) is 0 Å². The molecule has 0 N–H and O–H groups in total. The Hall–Kier alpha value is -1.33. The minimum Gasteiger partial charge on any atom is -0.236 e. The topological polar surface area (TPSA) is 25.8 Å². The van der Waals surface area contributed by atoms with Gasteiger partial charge >= 0.3 is 6.18 Å². The number of rotatable bonds is 1. The maximum absolute atomic E-state index is 12.5. The number of nitrogens with zero attached hydrogens (tertiary/aromatic N) is 2. The van der Waals surface area contributed by atoms with Crippen molar-refractivity contribution >= 4 is 23.2 Å². The number of hydrogen-bond acceptors (Lipinski definition) is 2. The summed E-state index contributed by atoms with van der Waals surface area (Å²) < 4.78 is 37.6. The van der Waals surface area contributed by atoms with Crippen LogP contribution in [0.1, 0.15) is 5.56 Å². The summed E-state index contributed by atoms with van der Waals surface area (Å²) in [5.41, 5.74) is -0.718. The molecule has 1 heterocycles. The van der Waals surface area contributed by atoms with Gasteiger partial charge < -0.3 is 0 Å². The SMILES string of the molecule is FC(F)(F)c1cc(Cl)c(-c2ncccn2)c(Cl)c1. The number of alkyl halides is 3. The Morgan fingerprint density at radius 2 is 1.44 bits per heavy atom. The molecule has 2 nitrogen and oxygen atoms in total. The van der Waals surface area contributed by atoms with Gasteiger partial charge in [0.25, 0.3) is 0 Å². The van der Waals surface area contributed by atoms with Crippen molar-refractivity contribution < 1.29 is 13.2 Å². The van der Waals surface area contributed by atoms with Gasteiger partial charge in [-0.15, -0.1) is 0 Å². The molecule has 0 aliphatic heterocycles. The van der Waals surface area contributed by atoms with Crippen molar-refractivity contribution in [2.45, 2.75) is 6.18 Å². The minimum absolute atomic E-state index is 0.138. The van der Waals surface area contributed by atoms with Crippen molar-refractivity contribution in [1.29, 1.82) is 0 Å². The van der Waals surface area contributed by atoms with Crippen LogP contribution in [0.2, 0.25) is 10.0 Å². The quantitative estimate of drug-likeness (QED) is 0.775. The fourth-order valence-electron chi connectivity index (χ4n) is 1.38. The standard InChI is InChI=1S/C11H5Cl2F3N2/c12-7-4-6(11(14,15)16)5-8(13)9(7)10-17-2-1-3-18-10/h1-5H. The lowest BCUT2D eigenvalue weighted by Crippen LogP contribution is -2.05. The van der Waals surface area contributed by atoms with Gasteiger partial charge in [0.2, 0.25) is 0 Å². The first-order chi connectivity index (χ1) is 8.39. The van der Waals surface area contributed by atoms with Crippen LogP contribution in [0, 0.1) is 0 Å². The van der Waals surface area contributed by atoms with Crippen molar-refractivity contribution in [3.05, 3.63) is 46.2 Å². The van der Waals surface area contributed by atoms with E-state index in [0.717, 1.165) is 12.1 Å². The first-order valence-electron chi connectivity index (χ1n) is 4.73. The molecule has 18 heavy (non-hydrogen) atoms. The first kappa shape index (κ1) is 13.1. The highest BCUT2D eigenvalue weighted by molar-refractivity contribution is 6.39. The summed E-state index contributed by atoms with van der Waals surface area (Å²) in [4.78, 5) is 7.80. The monoisotopic (exact) mass is 292 g/mol. The van der Waals surface area contributed by atoms with Gasteiger partial charge in [0, 0.05) is 12.4 Å². The number of hydrogen-bond donors (Lipinski definition) is 0. The van der Waals surface area contributed by atoms with Crippen LogP contribution in [0.5, 0.6) is 0 Å². The van der Waals surface area contributed by atoms with E-state index in [1.165, 1.54) is 12.4 Å². The van der Waals surface area contributed by atoms with Crippen LogP contribution < -0.4 is 0 Å². The van der Waals surface area contributed by atoms with Crippen LogP contribution in [0.4, 0.5) is 13.2 Å². The van der Waals surface area contributed by atoms with E-state index >= 15 is 0 Å². The van der Waals surface area contributed by atoms with E-state index in [2.05, 4.69) is 9.97 Å². The predicted octanol–water partition coefficient (Wildman–Crippen LogP) is 4.47. The molecule has 0 saturated carbocycles. The summed E-state index contributed by atoms with van der Waals surface area (Å²) >= 11 is 11.6. The van der Waals surface area contributed by atoms with Gasteiger partial charge in [-0.25, -0.2) is 9.97 Å². The summed E-state index contributed by atoms with van der Waals surface area (Å²) in [5.74, 6) is 0.182. The molecular formula is C11H5Cl2F3N2. The summed E-state index contributed by atoms with van der Waals surface area (Å²) in [5, 5.41) is -0.276. The molecule has 0 unspecified atom stereocenters. The van der Waals surface area contributed by atoms with Crippen LogP contribution in [-0.2, 0) is 6.18 Å². The Morgan fingerprint density at radius 1 is 0.944 bits per heavy atom. The van der Waals surface area contributed by atoms with Crippen molar-refractivity contribution in [3.63, 3.8) is 0 Å². The molecule has 0 amide bonds. The second-order valence-corrected chi connectivity index (χ2v) is 4.20. The third-order valence-electron chi connectivity index (χ3n) is 2.16. The van der Waals surface area contributed by atoms with Crippen LogP contribution in [0.15, 0.2) is 30.6 Å². The molecule has 0 aliphatic rings. The van der Waals surface area contributed by atoms with Crippen molar-refractivity contribution in [1.82, 2.24) is 9.97 Å². The molecule has 1 aromatic carbocycles. The Morgan fingerprint density at radius 3 is 1.89 bits per heavy atom. The Kier molecular flexibility index (Phi) is 3.45. The normalized spacial score (nSPS) is 11.6. The zero-order valence-corrected chi connectivity index (χ0v) is 10.2. The van der Waals surface area contributed by atoms with Crippen molar-refractivity contribution in [3.8, 4) is 11.4 Å². The van der Waals surface area contributed by atoms with Gasteiger partial charge in [-0.05, 0) is 18.2 Å². The molecule has 2 rings (SSSR count). The Labute approximate surface area is 110 Å². The second kappa shape index (κ2) is 4.74. The maximum Gasteiger partial charge on any atom is 0.416 e. The minimum atomic E-state index is -4.50. The van der Waals surface area contributed by atoms with E-state index < -0.39 is 11.7 Å². The highest BCUT2D eigenvalue weighted by Gasteiger charge is 2.32. The molecule has 94 valence electrons. The lowest BCUT2D eigenvalue weighted by atomic mass is 10.1. The average molecular weight is 293 g/mol. The summed E-state index contributed by atoms with van der Waals surface area (Å²) in [7, 11) is 0. The van der Waals surface area contributed by atoms with Gasteiger partial charge in [-0.3, -0.25) is 0 Å². The van der Waals surface area contributed by atoms with E-state index in [0.29, 0.717) is 0 Å². The maximum atomic E-state index is 12.5. The first-order valence-corrected chi connectivity index (χ1v) is 5.49. The molecule has 0 radical (unpaired) electrons. The molecule has 0 bridgehead atoms. The predicted molar refractivity (Wildman–Crippen MR) is 62.5 cm³/mol. The Bertz CT molecular complexity index is 547. The Balaban J connectivity index is 2.59. The molecule has 7 heteroatoms. The fourth-order valence-corrected chi connectivity index (χ4v) is 2.03. The molecule has 0 fully saturated rings. The highest BCUT2D eigenvalue weighted by atomic mass is 35.5. The molecule has 0 aliphatic carbocycles. The van der Waals surface area contributed by atoms with Gasteiger partial charge in [0.15, 0.2) is 5.82 Å². The van der Waals surface area contributed by atoms with Crippen LogP contribution >= 0.6 is 23.2 Å². The smallest absolute Gasteiger partial charge is 0.236 e. The molecule has 0 saturated heterocycles. The van der Waals surface area contributed by atoms with Crippen LogP contribution in [0.3, 0.4) is 0 Å². The van der Waals surface area contributed by atoms with Crippen molar-refractivity contribution in [2.75, 3.05) is 0 Å². The van der Waals surface area contributed by atoms with Gasteiger partial charge in [0.1, 0.15) is 0 Å². The van der Waals surface area contributed by atoms with E-state index in [4.69, 9.17) is 23.2 Å². The molecule has 2 aromatic rings. The largest absolute Gasteiger partial charge is 0.416 e. The van der Waals surface area contributed by atoms with Crippen LogP contribution in [0.25, 0.3) is 11.4 Å². The molecular weight excluding hydrogens is 288 g/mol. The zero-order chi connectivity index (χ0) is 13.3. The number of aromatic nitrogens is 2. The van der Waals surface area contributed by atoms with Crippen LogP contribution in [-0.4, -0.2) is 9.97 Å². The number of benzene rings is 1. The molecule has 0 atom stereocenters. The van der Waals surface area contributed by atoms with E-state index in [9.17, 15) is 13.2 Å². The van der Waals surface area contributed by atoms with Gasteiger partial charge in [-0.2, -0.15) is 13.2 Å². The highest BCUT2D eigenvalue weighted by Crippen LogP contribution is 2.39. The third kappa shape index (κ3) is 2.57. The third-order valence-corrected chi connectivity index (χ3v) is 2.75. The number of halogens is 5. The lowest BCUT2D eigenvalue weighted by molar-refractivity contribution is -0.137. The van der Waals surface area contributed by atoms with E-state index in [1.54, 1.807) is 6.07 Å². The summed E-state index contributed by atoms with van der Waals surface area (Å²) in [6, 6.07) is 3.19. The fraction of sp³-hybridized carbons (Fsp3) is 0.0909. The second-order valence-electron chi connectivity index (χ2n) is 3.39. The zero-order valence-electron chi connectivity index (χ0n) is 8.67. The molecule has 0 spiro atoms.